The first-order valence-corrected chi connectivity index (χ1v) is 8.78. The van der Waals surface area contributed by atoms with Crippen LogP contribution in [0.3, 0.4) is 0 Å². The van der Waals surface area contributed by atoms with Gasteiger partial charge in [0.15, 0.2) is 0 Å². The summed E-state index contributed by atoms with van der Waals surface area (Å²) in [6.45, 7) is 3.69. The molecule has 0 spiro atoms. The Labute approximate surface area is 152 Å². The van der Waals surface area contributed by atoms with Crippen molar-refractivity contribution in [3.05, 3.63) is 75.7 Å². The lowest BCUT2D eigenvalue weighted by Crippen LogP contribution is -2.33. The Hall–Kier alpha value is -2.95. The van der Waals surface area contributed by atoms with E-state index in [9.17, 15) is 9.59 Å². The Bertz CT molecular complexity index is 993. The fraction of sp³-hybridized carbons (Fsp3) is 0.286. The molecule has 0 aliphatic carbocycles. The molecule has 0 unspecified atom stereocenters. The Morgan fingerprint density at radius 2 is 1.92 bits per heavy atom. The van der Waals surface area contributed by atoms with Crippen LogP contribution in [-0.2, 0) is 13.5 Å². The van der Waals surface area contributed by atoms with Gasteiger partial charge in [0, 0.05) is 18.7 Å². The van der Waals surface area contributed by atoms with Gasteiger partial charge in [-0.3, -0.25) is 9.59 Å². The van der Waals surface area contributed by atoms with Gasteiger partial charge < -0.3 is 9.88 Å². The molecule has 0 saturated heterocycles. The number of carbonyl (C=O) groups excluding carboxylic acids is 1. The highest BCUT2D eigenvalue weighted by atomic mass is 16.1. The van der Waals surface area contributed by atoms with Gasteiger partial charge in [-0.2, -0.15) is 0 Å². The summed E-state index contributed by atoms with van der Waals surface area (Å²) in [5.74, 6) is -0.124. The highest BCUT2D eigenvalue weighted by Gasteiger charge is 2.12. The molecule has 3 aromatic rings. The summed E-state index contributed by atoms with van der Waals surface area (Å²) in [4.78, 5) is 28.8. The van der Waals surface area contributed by atoms with Gasteiger partial charge in [-0.15, -0.1) is 0 Å². The molecule has 5 nitrogen and oxygen atoms in total. The fourth-order valence-electron chi connectivity index (χ4n) is 3.03. The van der Waals surface area contributed by atoms with Crippen LogP contribution in [-0.4, -0.2) is 21.5 Å². The van der Waals surface area contributed by atoms with Crippen LogP contribution in [0.2, 0.25) is 0 Å². The summed E-state index contributed by atoms with van der Waals surface area (Å²) in [6.07, 6.45) is 1.79. The second-order valence-corrected chi connectivity index (χ2v) is 6.66. The fourth-order valence-corrected chi connectivity index (χ4v) is 3.03. The third-order valence-electron chi connectivity index (χ3n) is 4.59. The Balaban J connectivity index is 1.71. The van der Waals surface area contributed by atoms with Crippen molar-refractivity contribution in [2.45, 2.75) is 32.7 Å². The molecule has 0 aliphatic rings. The van der Waals surface area contributed by atoms with Crippen LogP contribution in [0, 0.1) is 6.92 Å². The van der Waals surface area contributed by atoms with Crippen molar-refractivity contribution in [3.63, 3.8) is 0 Å². The van der Waals surface area contributed by atoms with E-state index in [1.54, 1.807) is 36.7 Å². The van der Waals surface area contributed by atoms with Crippen LogP contribution in [0.25, 0.3) is 11.0 Å². The number of hydrogen-bond donors (Lipinski definition) is 1. The predicted octanol–water partition coefficient (Wildman–Crippen LogP) is 2.99. The average Bonchev–Trinajstić information content (AvgIpc) is 2.65. The van der Waals surface area contributed by atoms with Gasteiger partial charge in [0.05, 0.1) is 11.0 Å². The molecule has 0 radical (unpaired) electrons. The molecule has 0 fully saturated rings. The van der Waals surface area contributed by atoms with E-state index in [1.807, 2.05) is 25.1 Å². The molecule has 3 rings (SSSR count). The molecule has 2 aromatic carbocycles. The monoisotopic (exact) mass is 349 g/mol. The average molecular weight is 349 g/mol. The Morgan fingerprint density at radius 1 is 1.19 bits per heavy atom. The van der Waals surface area contributed by atoms with Crippen molar-refractivity contribution in [2.75, 3.05) is 0 Å². The second kappa shape index (κ2) is 7.52. The Kier molecular flexibility index (Phi) is 5.16. The van der Waals surface area contributed by atoms with Crippen LogP contribution in [0.5, 0.6) is 0 Å². The van der Waals surface area contributed by atoms with Gasteiger partial charge in [0.1, 0.15) is 5.69 Å². The number of aromatic nitrogens is 2. The highest BCUT2D eigenvalue weighted by molar-refractivity contribution is 5.97. The summed E-state index contributed by atoms with van der Waals surface area (Å²) in [7, 11) is 1.71. The molecule has 0 aliphatic heterocycles. The SMILES string of the molecule is Cc1nc2cc(C(=O)N[C@H](C)CCc3ccccc3)ccc2n(C)c1=O. The number of nitrogens with one attached hydrogen (secondary N) is 1. The normalized spacial score (nSPS) is 12.1. The highest BCUT2D eigenvalue weighted by Crippen LogP contribution is 2.13. The smallest absolute Gasteiger partial charge is 0.272 e. The van der Waals surface area contributed by atoms with Gasteiger partial charge >= 0.3 is 0 Å². The summed E-state index contributed by atoms with van der Waals surface area (Å²) < 4.78 is 1.56. The van der Waals surface area contributed by atoms with E-state index in [4.69, 9.17) is 0 Å². The Morgan fingerprint density at radius 3 is 2.65 bits per heavy atom. The summed E-state index contributed by atoms with van der Waals surface area (Å²) in [6, 6.07) is 15.5. The largest absolute Gasteiger partial charge is 0.350 e. The minimum absolute atomic E-state index is 0.0632. The number of carbonyl (C=O) groups is 1. The van der Waals surface area contributed by atoms with Gasteiger partial charge in [-0.25, -0.2) is 4.98 Å². The molecule has 1 heterocycles. The number of nitrogens with zero attached hydrogens (tertiary/aromatic N) is 2. The molecule has 0 bridgehead atoms. The van der Waals surface area contributed by atoms with E-state index in [0.717, 1.165) is 12.8 Å². The van der Waals surface area contributed by atoms with E-state index >= 15 is 0 Å². The van der Waals surface area contributed by atoms with Crippen LogP contribution < -0.4 is 10.9 Å². The standard InChI is InChI=1S/C21H23N3O2/c1-14(9-10-16-7-5-4-6-8-16)22-20(25)17-11-12-19-18(13-17)23-15(2)21(26)24(19)3/h4-8,11-14H,9-10H2,1-3H3,(H,22,25)/t14-/m1/s1. The number of aryl methyl sites for hydroxylation is 3. The van der Waals surface area contributed by atoms with E-state index in [0.29, 0.717) is 22.3 Å². The van der Waals surface area contributed by atoms with E-state index in [1.165, 1.54) is 5.56 Å². The summed E-state index contributed by atoms with van der Waals surface area (Å²) in [5.41, 5.74) is 3.48. The lowest BCUT2D eigenvalue weighted by molar-refractivity contribution is 0.0938. The molecule has 1 atom stereocenters. The molecule has 1 aromatic heterocycles. The minimum Gasteiger partial charge on any atom is -0.350 e. The first-order valence-electron chi connectivity index (χ1n) is 8.78. The van der Waals surface area contributed by atoms with Crippen molar-refractivity contribution in [1.29, 1.82) is 0 Å². The van der Waals surface area contributed by atoms with Crippen LogP contribution in [0.15, 0.2) is 53.3 Å². The first-order chi connectivity index (χ1) is 12.5. The topological polar surface area (TPSA) is 64.0 Å². The van der Waals surface area contributed by atoms with Gasteiger partial charge in [0.2, 0.25) is 0 Å². The van der Waals surface area contributed by atoms with E-state index < -0.39 is 0 Å². The lowest BCUT2D eigenvalue weighted by Gasteiger charge is -2.14. The minimum atomic E-state index is -0.124. The molecule has 134 valence electrons. The summed E-state index contributed by atoms with van der Waals surface area (Å²) >= 11 is 0. The van der Waals surface area contributed by atoms with E-state index in [-0.39, 0.29) is 17.5 Å². The van der Waals surface area contributed by atoms with Crippen LogP contribution in [0.1, 0.15) is 35.0 Å². The third-order valence-corrected chi connectivity index (χ3v) is 4.59. The second-order valence-electron chi connectivity index (χ2n) is 6.66. The number of hydrogen-bond acceptors (Lipinski definition) is 3. The summed E-state index contributed by atoms with van der Waals surface area (Å²) in [5, 5.41) is 3.04. The first kappa shape index (κ1) is 17.9. The lowest BCUT2D eigenvalue weighted by atomic mass is 10.1. The molecular weight excluding hydrogens is 326 g/mol. The maximum absolute atomic E-state index is 12.5. The molecule has 26 heavy (non-hydrogen) atoms. The van der Waals surface area contributed by atoms with Crippen molar-refractivity contribution in [2.24, 2.45) is 7.05 Å². The number of amides is 1. The van der Waals surface area contributed by atoms with Crippen molar-refractivity contribution < 1.29 is 4.79 Å². The van der Waals surface area contributed by atoms with Crippen LogP contribution >= 0.6 is 0 Å². The van der Waals surface area contributed by atoms with Gasteiger partial charge in [0.25, 0.3) is 11.5 Å². The zero-order chi connectivity index (χ0) is 18.7. The molecule has 5 heteroatoms. The van der Waals surface area contributed by atoms with Crippen LogP contribution in [0.4, 0.5) is 0 Å². The zero-order valence-electron chi connectivity index (χ0n) is 15.3. The van der Waals surface area contributed by atoms with Crippen molar-refractivity contribution >= 4 is 16.9 Å². The van der Waals surface area contributed by atoms with Gasteiger partial charge in [-0.1, -0.05) is 30.3 Å². The molecule has 1 amide bonds. The number of benzene rings is 2. The van der Waals surface area contributed by atoms with Crippen molar-refractivity contribution in [1.82, 2.24) is 14.9 Å². The molecular formula is C21H23N3O2. The molecule has 1 N–H and O–H groups in total. The third kappa shape index (κ3) is 3.82. The van der Waals surface area contributed by atoms with E-state index in [2.05, 4.69) is 22.4 Å². The number of fused-ring (bicyclic) bond motifs is 1. The quantitative estimate of drug-likeness (QED) is 0.770. The molecule has 0 saturated carbocycles. The van der Waals surface area contributed by atoms with Crippen molar-refractivity contribution in [3.8, 4) is 0 Å². The zero-order valence-corrected chi connectivity index (χ0v) is 15.3. The maximum Gasteiger partial charge on any atom is 0.272 e. The van der Waals surface area contributed by atoms with Gasteiger partial charge in [-0.05, 0) is 50.5 Å². The predicted molar refractivity (Wildman–Crippen MR) is 103 cm³/mol. The maximum atomic E-state index is 12.5. The number of rotatable bonds is 5.